The van der Waals surface area contributed by atoms with Gasteiger partial charge in [-0.05, 0) is 74.2 Å². The molecule has 0 aliphatic rings. The summed E-state index contributed by atoms with van der Waals surface area (Å²) in [6.07, 6.45) is 0. The highest BCUT2D eigenvalue weighted by Gasteiger charge is 2.19. The van der Waals surface area contributed by atoms with Crippen molar-refractivity contribution in [2.75, 3.05) is 0 Å². The lowest BCUT2D eigenvalue weighted by Gasteiger charge is -2.08. The molecule has 1 N–H and O–H groups in total. The average molecular weight is 340 g/mol. The van der Waals surface area contributed by atoms with Crippen LogP contribution in [0.1, 0.15) is 32.6 Å². The van der Waals surface area contributed by atoms with Crippen LogP contribution in [0, 0.1) is 33.5 Å². The standard InChI is InChI=1S/C19H17FN2O3/c1-9-5-13(8-14(6-9)19(23)24)17-21-18(25-22-17)15-7-10(2)11(3)12(4)16(15)20/h5-8H,1-4H3,(H,23,24). The lowest BCUT2D eigenvalue weighted by atomic mass is 9.99. The van der Waals surface area contributed by atoms with E-state index in [9.17, 15) is 14.3 Å². The molecule has 2 aromatic carbocycles. The first-order valence-electron chi connectivity index (χ1n) is 7.73. The molecule has 0 unspecified atom stereocenters. The molecule has 0 fully saturated rings. The minimum atomic E-state index is -1.04. The summed E-state index contributed by atoms with van der Waals surface area (Å²) in [5.41, 5.74) is 3.99. The highest BCUT2D eigenvalue weighted by molar-refractivity contribution is 5.89. The van der Waals surface area contributed by atoms with E-state index in [-0.39, 0.29) is 22.8 Å². The summed E-state index contributed by atoms with van der Waals surface area (Å²) in [6.45, 7) is 7.24. The van der Waals surface area contributed by atoms with E-state index in [4.69, 9.17) is 4.52 Å². The van der Waals surface area contributed by atoms with Crippen molar-refractivity contribution in [2.24, 2.45) is 0 Å². The molecule has 128 valence electrons. The molecule has 0 aliphatic carbocycles. The largest absolute Gasteiger partial charge is 0.478 e. The first kappa shape index (κ1) is 16.8. The number of carbonyl (C=O) groups is 1. The van der Waals surface area contributed by atoms with Crippen molar-refractivity contribution in [1.29, 1.82) is 0 Å². The summed E-state index contributed by atoms with van der Waals surface area (Å²) in [5.74, 6) is -1.15. The predicted molar refractivity (Wildman–Crippen MR) is 91.0 cm³/mol. The van der Waals surface area contributed by atoms with Gasteiger partial charge in [-0.25, -0.2) is 9.18 Å². The smallest absolute Gasteiger partial charge is 0.335 e. The van der Waals surface area contributed by atoms with Crippen molar-refractivity contribution in [3.63, 3.8) is 0 Å². The number of carboxylic acid groups (broad SMARTS) is 1. The zero-order chi connectivity index (χ0) is 18.3. The molecule has 0 atom stereocenters. The highest BCUT2D eigenvalue weighted by atomic mass is 19.1. The van der Waals surface area contributed by atoms with E-state index in [2.05, 4.69) is 10.1 Å². The van der Waals surface area contributed by atoms with Gasteiger partial charge in [-0.15, -0.1) is 0 Å². The average Bonchev–Trinajstić information content (AvgIpc) is 3.05. The normalized spacial score (nSPS) is 10.9. The molecule has 3 aromatic rings. The molecule has 0 radical (unpaired) electrons. The van der Waals surface area contributed by atoms with Gasteiger partial charge >= 0.3 is 5.97 Å². The van der Waals surface area contributed by atoms with Crippen LogP contribution >= 0.6 is 0 Å². The Labute approximate surface area is 144 Å². The van der Waals surface area contributed by atoms with Crippen LogP contribution in [0.3, 0.4) is 0 Å². The number of aryl methyl sites for hydroxylation is 2. The third-order valence-electron chi connectivity index (χ3n) is 4.32. The van der Waals surface area contributed by atoms with Gasteiger partial charge in [-0.3, -0.25) is 0 Å². The molecule has 25 heavy (non-hydrogen) atoms. The van der Waals surface area contributed by atoms with Crippen LogP contribution in [-0.4, -0.2) is 21.2 Å². The zero-order valence-corrected chi connectivity index (χ0v) is 14.3. The van der Waals surface area contributed by atoms with E-state index in [1.807, 2.05) is 13.8 Å². The number of aromatic carboxylic acids is 1. The molecule has 5 nitrogen and oxygen atoms in total. The number of aromatic nitrogens is 2. The number of benzene rings is 2. The maximum absolute atomic E-state index is 14.6. The van der Waals surface area contributed by atoms with Gasteiger partial charge in [-0.1, -0.05) is 5.16 Å². The molecule has 0 amide bonds. The Morgan fingerprint density at radius 1 is 1.08 bits per heavy atom. The SMILES string of the molecule is Cc1cc(C(=O)O)cc(-c2noc(-c3cc(C)c(C)c(C)c3F)n2)c1. The minimum Gasteiger partial charge on any atom is -0.478 e. The van der Waals surface area contributed by atoms with Gasteiger partial charge < -0.3 is 9.63 Å². The van der Waals surface area contributed by atoms with Gasteiger partial charge in [0.2, 0.25) is 5.82 Å². The Morgan fingerprint density at radius 2 is 1.80 bits per heavy atom. The van der Waals surface area contributed by atoms with Gasteiger partial charge in [0.25, 0.3) is 5.89 Å². The lowest BCUT2D eigenvalue weighted by Crippen LogP contribution is -1.98. The lowest BCUT2D eigenvalue weighted by molar-refractivity contribution is 0.0697. The van der Waals surface area contributed by atoms with Gasteiger partial charge in [0.15, 0.2) is 0 Å². The molecule has 0 spiro atoms. The molecular weight excluding hydrogens is 323 g/mol. The fourth-order valence-electron chi connectivity index (χ4n) is 2.69. The molecule has 1 aromatic heterocycles. The second kappa shape index (κ2) is 6.12. The van der Waals surface area contributed by atoms with Crippen LogP contribution in [0.2, 0.25) is 0 Å². The Hall–Kier alpha value is -3.02. The molecule has 1 heterocycles. The maximum Gasteiger partial charge on any atom is 0.335 e. The Kier molecular flexibility index (Phi) is 4.12. The summed E-state index contributed by atoms with van der Waals surface area (Å²) in [7, 11) is 0. The van der Waals surface area contributed by atoms with Crippen LogP contribution in [0.5, 0.6) is 0 Å². The minimum absolute atomic E-state index is 0.0667. The summed E-state index contributed by atoms with van der Waals surface area (Å²) < 4.78 is 19.8. The monoisotopic (exact) mass is 340 g/mol. The fourth-order valence-corrected chi connectivity index (χ4v) is 2.69. The van der Waals surface area contributed by atoms with Crippen molar-refractivity contribution in [1.82, 2.24) is 10.1 Å². The maximum atomic E-state index is 14.6. The molecule has 0 saturated carbocycles. The van der Waals surface area contributed by atoms with E-state index < -0.39 is 11.8 Å². The van der Waals surface area contributed by atoms with E-state index in [1.54, 1.807) is 32.0 Å². The number of rotatable bonds is 3. The van der Waals surface area contributed by atoms with Crippen LogP contribution in [0.4, 0.5) is 4.39 Å². The summed E-state index contributed by atoms with van der Waals surface area (Å²) in [6, 6.07) is 6.45. The summed E-state index contributed by atoms with van der Waals surface area (Å²) >= 11 is 0. The van der Waals surface area contributed by atoms with Crippen molar-refractivity contribution >= 4 is 5.97 Å². The zero-order valence-electron chi connectivity index (χ0n) is 14.3. The second-order valence-corrected chi connectivity index (χ2v) is 6.12. The molecule has 0 bridgehead atoms. The molecule has 3 rings (SSSR count). The van der Waals surface area contributed by atoms with Crippen molar-refractivity contribution < 1.29 is 18.8 Å². The molecule has 6 heteroatoms. The van der Waals surface area contributed by atoms with E-state index in [0.29, 0.717) is 11.1 Å². The van der Waals surface area contributed by atoms with Crippen LogP contribution in [0.25, 0.3) is 22.8 Å². The van der Waals surface area contributed by atoms with Gasteiger partial charge in [0, 0.05) is 5.56 Å². The Balaban J connectivity index is 2.09. The molecule has 0 aliphatic heterocycles. The van der Waals surface area contributed by atoms with Gasteiger partial charge in [0.1, 0.15) is 5.82 Å². The predicted octanol–water partition coefficient (Wildman–Crippen LogP) is 4.47. The van der Waals surface area contributed by atoms with Crippen LogP contribution in [-0.2, 0) is 0 Å². The number of hydrogen-bond donors (Lipinski definition) is 1. The first-order valence-corrected chi connectivity index (χ1v) is 7.73. The van der Waals surface area contributed by atoms with Crippen molar-refractivity contribution in [2.45, 2.75) is 27.7 Å². The topological polar surface area (TPSA) is 76.2 Å². The summed E-state index contributed by atoms with van der Waals surface area (Å²) in [4.78, 5) is 15.5. The number of carboxylic acids is 1. The molecule has 0 saturated heterocycles. The fraction of sp³-hybridized carbons (Fsp3) is 0.211. The first-order chi connectivity index (χ1) is 11.8. The molecular formula is C19H17FN2O3. The number of hydrogen-bond acceptors (Lipinski definition) is 4. The highest BCUT2D eigenvalue weighted by Crippen LogP contribution is 2.30. The van der Waals surface area contributed by atoms with Crippen molar-refractivity contribution in [3.05, 3.63) is 57.9 Å². The third-order valence-corrected chi connectivity index (χ3v) is 4.32. The van der Waals surface area contributed by atoms with Crippen LogP contribution < -0.4 is 0 Å². The van der Waals surface area contributed by atoms with Crippen molar-refractivity contribution in [3.8, 4) is 22.8 Å². The van der Waals surface area contributed by atoms with Gasteiger partial charge in [-0.2, -0.15) is 4.98 Å². The summed E-state index contributed by atoms with van der Waals surface area (Å²) in [5, 5.41) is 13.1. The Morgan fingerprint density at radius 3 is 2.48 bits per heavy atom. The van der Waals surface area contributed by atoms with E-state index in [0.717, 1.165) is 16.7 Å². The van der Waals surface area contributed by atoms with E-state index in [1.165, 1.54) is 6.07 Å². The van der Waals surface area contributed by atoms with E-state index >= 15 is 0 Å². The number of nitrogens with zero attached hydrogens (tertiary/aromatic N) is 2. The number of halogens is 1. The quantitative estimate of drug-likeness (QED) is 0.761. The Bertz CT molecular complexity index is 993. The van der Waals surface area contributed by atoms with Gasteiger partial charge in [0.05, 0.1) is 11.1 Å². The third kappa shape index (κ3) is 3.03. The van der Waals surface area contributed by atoms with Crippen LogP contribution in [0.15, 0.2) is 28.8 Å². The second-order valence-electron chi connectivity index (χ2n) is 6.12.